The van der Waals surface area contributed by atoms with Gasteiger partial charge in [-0.05, 0) is 37.5 Å². The average molecular weight is 380 g/mol. The van der Waals surface area contributed by atoms with Crippen LogP contribution in [0.25, 0.3) is 0 Å². The zero-order valence-corrected chi connectivity index (χ0v) is 16.4. The maximum Gasteiger partial charge on any atom is 0.198 e. The summed E-state index contributed by atoms with van der Waals surface area (Å²) in [6.45, 7) is 6.02. The molecular weight excluding hydrogens is 350 g/mol. The lowest BCUT2D eigenvalue weighted by molar-refractivity contribution is 0.122. The number of guanidine groups is 1. The van der Waals surface area contributed by atoms with Crippen LogP contribution in [0.5, 0.6) is 0 Å². The van der Waals surface area contributed by atoms with Crippen molar-refractivity contribution in [2.75, 3.05) is 49.6 Å². The minimum atomic E-state index is 0.617. The first kappa shape index (κ1) is 18.7. The van der Waals surface area contributed by atoms with E-state index in [-0.39, 0.29) is 0 Å². The van der Waals surface area contributed by atoms with E-state index in [0.717, 1.165) is 62.4 Å². The molecule has 6 heteroatoms. The van der Waals surface area contributed by atoms with Gasteiger partial charge in [-0.1, -0.05) is 24.3 Å². The smallest absolute Gasteiger partial charge is 0.198 e. The molecule has 0 aliphatic carbocycles. The third kappa shape index (κ3) is 4.81. The predicted molar refractivity (Wildman–Crippen MR) is 114 cm³/mol. The van der Waals surface area contributed by atoms with Crippen LogP contribution in [-0.4, -0.2) is 55.2 Å². The molecule has 2 aromatic rings. The number of nitrogens with one attached hydrogen (secondary N) is 1. The fourth-order valence-electron chi connectivity index (χ4n) is 3.75. The van der Waals surface area contributed by atoms with E-state index in [4.69, 9.17) is 9.73 Å². The highest BCUT2D eigenvalue weighted by atomic mass is 16.5. The van der Waals surface area contributed by atoms with E-state index in [1.807, 2.05) is 30.5 Å². The van der Waals surface area contributed by atoms with Crippen LogP contribution in [0.15, 0.2) is 53.7 Å². The number of ether oxygens (including phenoxy) is 1. The molecule has 28 heavy (non-hydrogen) atoms. The molecule has 2 aliphatic heterocycles. The van der Waals surface area contributed by atoms with Crippen LogP contribution in [0.3, 0.4) is 0 Å². The van der Waals surface area contributed by atoms with Crippen molar-refractivity contribution in [2.45, 2.75) is 25.8 Å². The molecular formula is C22H29N5O. The summed E-state index contributed by atoms with van der Waals surface area (Å²) in [6.07, 6.45) is 5.62. The van der Waals surface area contributed by atoms with Crippen molar-refractivity contribution in [1.82, 2.24) is 9.88 Å². The second kappa shape index (κ2) is 9.55. The second-order valence-electron chi connectivity index (χ2n) is 7.26. The van der Waals surface area contributed by atoms with Gasteiger partial charge in [0.1, 0.15) is 5.82 Å². The number of benzene rings is 1. The summed E-state index contributed by atoms with van der Waals surface area (Å²) in [6, 6.07) is 14.4. The molecule has 2 fully saturated rings. The highest BCUT2D eigenvalue weighted by molar-refractivity contribution is 5.93. The third-order valence-corrected chi connectivity index (χ3v) is 5.26. The molecule has 1 N–H and O–H groups in total. The Labute approximate surface area is 167 Å². The minimum absolute atomic E-state index is 0.617. The Morgan fingerprint density at radius 1 is 0.964 bits per heavy atom. The van der Waals surface area contributed by atoms with Gasteiger partial charge in [-0.3, -0.25) is 0 Å². The van der Waals surface area contributed by atoms with Crippen molar-refractivity contribution in [3.05, 3.63) is 54.2 Å². The summed E-state index contributed by atoms with van der Waals surface area (Å²) < 4.78 is 5.49. The molecule has 0 radical (unpaired) electrons. The van der Waals surface area contributed by atoms with E-state index >= 15 is 0 Å². The molecule has 0 unspecified atom stereocenters. The summed E-state index contributed by atoms with van der Waals surface area (Å²) >= 11 is 0. The Kier molecular flexibility index (Phi) is 6.40. The van der Waals surface area contributed by atoms with Gasteiger partial charge < -0.3 is 19.9 Å². The van der Waals surface area contributed by atoms with Crippen molar-refractivity contribution >= 4 is 17.5 Å². The maximum absolute atomic E-state index is 5.49. The van der Waals surface area contributed by atoms with Gasteiger partial charge in [0.2, 0.25) is 0 Å². The summed E-state index contributed by atoms with van der Waals surface area (Å²) in [7, 11) is 0. The lowest BCUT2D eigenvalue weighted by Gasteiger charge is -2.31. The Balaban J connectivity index is 1.55. The van der Waals surface area contributed by atoms with E-state index in [0.29, 0.717) is 6.54 Å². The van der Waals surface area contributed by atoms with Gasteiger partial charge in [0, 0.05) is 43.6 Å². The Morgan fingerprint density at radius 3 is 2.54 bits per heavy atom. The zero-order valence-electron chi connectivity index (χ0n) is 16.4. The summed E-state index contributed by atoms with van der Waals surface area (Å²) in [5.41, 5.74) is 2.24. The van der Waals surface area contributed by atoms with Crippen LogP contribution >= 0.6 is 0 Å². The number of aliphatic imine (C=N–C) groups is 1. The molecule has 0 bridgehead atoms. The fourth-order valence-corrected chi connectivity index (χ4v) is 3.75. The molecule has 0 atom stereocenters. The largest absolute Gasteiger partial charge is 0.378 e. The SMILES string of the molecule is c1ccc(NC(=NCc2cccnc2N2CCOCC2)N2CCCCC2)cc1. The number of likely N-dealkylation sites (tertiary alicyclic amines) is 1. The van der Waals surface area contributed by atoms with E-state index in [1.54, 1.807) is 0 Å². The number of para-hydroxylation sites is 1. The van der Waals surface area contributed by atoms with Crippen molar-refractivity contribution < 1.29 is 4.74 Å². The number of piperidine rings is 1. The Bertz CT molecular complexity index is 768. The molecule has 148 valence electrons. The predicted octanol–water partition coefficient (Wildman–Crippen LogP) is 3.37. The van der Waals surface area contributed by atoms with Gasteiger partial charge in [0.05, 0.1) is 19.8 Å². The maximum atomic E-state index is 5.49. The number of nitrogens with zero attached hydrogens (tertiary/aromatic N) is 4. The second-order valence-corrected chi connectivity index (χ2v) is 7.26. The highest BCUT2D eigenvalue weighted by Gasteiger charge is 2.18. The van der Waals surface area contributed by atoms with Crippen LogP contribution in [0.1, 0.15) is 24.8 Å². The van der Waals surface area contributed by atoms with Crippen LogP contribution in [-0.2, 0) is 11.3 Å². The van der Waals surface area contributed by atoms with Crippen molar-refractivity contribution in [3.63, 3.8) is 0 Å². The van der Waals surface area contributed by atoms with Crippen LogP contribution in [0, 0.1) is 0 Å². The number of anilines is 2. The quantitative estimate of drug-likeness (QED) is 0.652. The van der Waals surface area contributed by atoms with Crippen LogP contribution < -0.4 is 10.2 Å². The lowest BCUT2D eigenvalue weighted by Crippen LogP contribution is -2.40. The summed E-state index contributed by atoms with van der Waals surface area (Å²) in [5.74, 6) is 2.00. The van der Waals surface area contributed by atoms with Gasteiger partial charge in [0.15, 0.2) is 5.96 Å². The van der Waals surface area contributed by atoms with Gasteiger partial charge >= 0.3 is 0 Å². The molecule has 1 aromatic carbocycles. The van der Waals surface area contributed by atoms with E-state index in [2.05, 4.69) is 38.3 Å². The number of aromatic nitrogens is 1. The minimum Gasteiger partial charge on any atom is -0.378 e. The van der Waals surface area contributed by atoms with Gasteiger partial charge in [-0.25, -0.2) is 9.98 Å². The van der Waals surface area contributed by atoms with E-state index < -0.39 is 0 Å². The standard InChI is InChI=1S/C22H29N5O/c1-3-9-20(10-4-1)25-22(27-12-5-2-6-13-27)24-18-19-8-7-11-23-21(19)26-14-16-28-17-15-26/h1,3-4,7-11H,2,5-6,12-18H2,(H,24,25). The first-order valence-corrected chi connectivity index (χ1v) is 10.3. The highest BCUT2D eigenvalue weighted by Crippen LogP contribution is 2.20. The average Bonchev–Trinajstić information content (AvgIpc) is 2.79. The number of hydrogen-bond donors (Lipinski definition) is 1. The van der Waals surface area contributed by atoms with Crippen molar-refractivity contribution in [3.8, 4) is 0 Å². The first-order valence-electron chi connectivity index (χ1n) is 10.3. The number of morpholine rings is 1. The Hall–Kier alpha value is -2.60. The van der Waals surface area contributed by atoms with Crippen molar-refractivity contribution in [2.24, 2.45) is 4.99 Å². The third-order valence-electron chi connectivity index (χ3n) is 5.26. The molecule has 0 amide bonds. The monoisotopic (exact) mass is 379 g/mol. The zero-order chi connectivity index (χ0) is 19.0. The molecule has 6 nitrogen and oxygen atoms in total. The van der Waals surface area contributed by atoms with Crippen molar-refractivity contribution in [1.29, 1.82) is 0 Å². The molecule has 4 rings (SSSR count). The number of hydrogen-bond acceptors (Lipinski definition) is 4. The lowest BCUT2D eigenvalue weighted by atomic mass is 10.1. The summed E-state index contributed by atoms with van der Waals surface area (Å²) in [5, 5.41) is 3.54. The fraction of sp³-hybridized carbons (Fsp3) is 0.455. The number of pyridine rings is 1. The Morgan fingerprint density at radius 2 is 1.75 bits per heavy atom. The van der Waals surface area contributed by atoms with Gasteiger partial charge in [-0.15, -0.1) is 0 Å². The normalized spacial score (nSPS) is 18.2. The molecule has 0 saturated carbocycles. The molecule has 2 saturated heterocycles. The van der Waals surface area contributed by atoms with Gasteiger partial charge in [0.25, 0.3) is 0 Å². The summed E-state index contributed by atoms with van der Waals surface area (Å²) in [4.78, 5) is 14.3. The van der Waals surface area contributed by atoms with E-state index in [1.165, 1.54) is 19.3 Å². The topological polar surface area (TPSA) is 53.0 Å². The van der Waals surface area contributed by atoms with Crippen LogP contribution in [0.4, 0.5) is 11.5 Å². The molecule has 1 aromatic heterocycles. The first-order chi connectivity index (χ1) is 13.9. The van der Waals surface area contributed by atoms with Gasteiger partial charge in [-0.2, -0.15) is 0 Å². The van der Waals surface area contributed by atoms with E-state index in [9.17, 15) is 0 Å². The number of rotatable bonds is 4. The molecule has 2 aliphatic rings. The molecule has 0 spiro atoms. The molecule has 3 heterocycles. The van der Waals surface area contributed by atoms with Crippen LogP contribution in [0.2, 0.25) is 0 Å².